The van der Waals surface area contributed by atoms with Crippen molar-refractivity contribution in [2.24, 2.45) is 0 Å². The summed E-state index contributed by atoms with van der Waals surface area (Å²) in [7, 11) is 1.33. The molecule has 3 rings (SSSR count). The maximum Gasteiger partial charge on any atom is 0.420 e. The Hall–Kier alpha value is -3.53. The fourth-order valence-corrected chi connectivity index (χ4v) is 4.41. The summed E-state index contributed by atoms with van der Waals surface area (Å²) in [6.45, 7) is 3.28. The second-order valence-corrected chi connectivity index (χ2v) is 9.02. The molecule has 1 heterocycles. The van der Waals surface area contributed by atoms with E-state index in [4.69, 9.17) is 25.3 Å². The van der Waals surface area contributed by atoms with E-state index in [0.717, 1.165) is 17.8 Å². The first-order chi connectivity index (χ1) is 17.7. The second-order valence-electron chi connectivity index (χ2n) is 7.96. The molecule has 2 aromatic carbocycles. The molecule has 1 saturated heterocycles. The van der Waals surface area contributed by atoms with Crippen LogP contribution in [0.3, 0.4) is 0 Å². The molecule has 0 amide bonds. The summed E-state index contributed by atoms with van der Waals surface area (Å²) in [5.41, 5.74) is -0.716. The van der Waals surface area contributed by atoms with E-state index >= 15 is 0 Å². The van der Waals surface area contributed by atoms with E-state index in [1.807, 2.05) is 4.90 Å². The van der Waals surface area contributed by atoms with Crippen LogP contribution in [0.5, 0.6) is 17.2 Å². The van der Waals surface area contributed by atoms with Crippen molar-refractivity contribution in [3.05, 3.63) is 58.0 Å². The number of hydrogen-bond donors (Lipinski definition) is 2. The smallest absolute Gasteiger partial charge is 0.420 e. The number of allylic oxidation sites excluding steroid dienone is 1. The molecule has 0 radical (unpaired) electrons. The van der Waals surface area contributed by atoms with Crippen LogP contribution < -0.4 is 9.47 Å². The number of thioether (sulfide) groups is 1. The van der Waals surface area contributed by atoms with Crippen LogP contribution in [-0.2, 0) is 11.0 Å². The van der Waals surface area contributed by atoms with Gasteiger partial charge in [0.05, 0.1) is 35.8 Å². The molecule has 0 aromatic heterocycles. The number of ether oxygens (including phenoxy) is 2. The topological polar surface area (TPSA) is 110 Å². The number of carbonyl (C=O) groups excluding carboxylic acids is 1. The molecule has 1 aliphatic heterocycles. The summed E-state index contributed by atoms with van der Waals surface area (Å²) in [5.74, 6) is -0.329. The minimum Gasteiger partial charge on any atom is -0.493 e. The summed E-state index contributed by atoms with van der Waals surface area (Å²) < 4.78 is 51.3. The number of methoxy groups -OCH3 is 1. The number of aliphatic hydroxyl groups excluding tert-OH is 1. The van der Waals surface area contributed by atoms with Crippen LogP contribution in [0.15, 0.2) is 41.3 Å². The predicted molar refractivity (Wildman–Crippen MR) is 134 cm³/mol. The molecule has 0 bridgehead atoms. The molecule has 0 unspecified atom stereocenters. The molecule has 0 aliphatic carbocycles. The standard InChI is InChI=1S/C25H25F3N4O4S/c1-35-23-14-17(12-19(16-34)37-24(30)32-8-6-31(7-9-32)10-11-33)2-5-22(23)36-21-4-3-18(15-29)13-20(21)25(26,27)28/h2-5,12-14,16,30,33H,6-11H2,1H3/b19-12-,30-24?. The lowest BCUT2D eigenvalue weighted by Gasteiger charge is -2.35. The number of rotatable bonds is 8. The first kappa shape index (κ1) is 28.0. The molecule has 1 fully saturated rings. The van der Waals surface area contributed by atoms with Gasteiger partial charge in [0.25, 0.3) is 0 Å². The van der Waals surface area contributed by atoms with Crippen molar-refractivity contribution in [3.8, 4) is 23.3 Å². The lowest BCUT2D eigenvalue weighted by Crippen LogP contribution is -2.48. The van der Waals surface area contributed by atoms with Crippen molar-refractivity contribution in [1.29, 1.82) is 10.7 Å². The van der Waals surface area contributed by atoms with Crippen molar-refractivity contribution in [3.63, 3.8) is 0 Å². The first-order valence-electron chi connectivity index (χ1n) is 11.2. The molecule has 0 atom stereocenters. The van der Waals surface area contributed by atoms with Crippen LogP contribution >= 0.6 is 11.8 Å². The van der Waals surface area contributed by atoms with Crippen molar-refractivity contribution in [2.45, 2.75) is 6.18 Å². The van der Waals surface area contributed by atoms with Crippen molar-refractivity contribution in [1.82, 2.24) is 9.80 Å². The minimum atomic E-state index is -4.73. The number of nitrogens with zero attached hydrogens (tertiary/aromatic N) is 3. The summed E-state index contributed by atoms with van der Waals surface area (Å²) in [5, 5.41) is 26.6. The fraction of sp³-hybridized carbons (Fsp3) is 0.320. The van der Waals surface area contributed by atoms with Gasteiger partial charge in [-0.2, -0.15) is 18.4 Å². The molecule has 2 N–H and O–H groups in total. The highest BCUT2D eigenvalue weighted by Gasteiger charge is 2.35. The molecule has 2 aromatic rings. The molecule has 37 heavy (non-hydrogen) atoms. The highest BCUT2D eigenvalue weighted by atomic mass is 32.2. The number of aldehydes is 1. The Bertz CT molecular complexity index is 1210. The Balaban J connectivity index is 1.76. The monoisotopic (exact) mass is 534 g/mol. The minimum absolute atomic E-state index is 0.0173. The molecule has 0 saturated carbocycles. The number of β-amino-alcohol motifs (C(OH)–C–C–N with tert-alkyl or cyclic N) is 1. The number of halogens is 3. The molecule has 8 nitrogen and oxygen atoms in total. The quantitative estimate of drug-likeness (QED) is 0.225. The number of benzene rings is 2. The largest absolute Gasteiger partial charge is 0.493 e. The highest BCUT2D eigenvalue weighted by molar-refractivity contribution is 8.17. The van der Waals surface area contributed by atoms with Crippen molar-refractivity contribution < 1.29 is 32.5 Å². The van der Waals surface area contributed by atoms with E-state index in [-0.39, 0.29) is 33.7 Å². The van der Waals surface area contributed by atoms with E-state index < -0.39 is 17.5 Å². The van der Waals surface area contributed by atoms with Gasteiger partial charge in [0.1, 0.15) is 5.75 Å². The third kappa shape index (κ3) is 7.48. The van der Waals surface area contributed by atoms with E-state index in [1.54, 1.807) is 18.2 Å². The van der Waals surface area contributed by atoms with Crippen LogP contribution in [0, 0.1) is 16.7 Å². The third-order valence-electron chi connectivity index (χ3n) is 5.54. The van der Waals surface area contributed by atoms with E-state index in [9.17, 15) is 18.0 Å². The van der Waals surface area contributed by atoms with Gasteiger partial charge in [0.15, 0.2) is 23.0 Å². The van der Waals surface area contributed by atoms with Crippen molar-refractivity contribution in [2.75, 3.05) is 46.4 Å². The Morgan fingerprint density at radius 3 is 2.46 bits per heavy atom. The number of piperazine rings is 1. The van der Waals surface area contributed by atoms with E-state index in [1.165, 1.54) is 25.3 Å². The second kappa shape index (κ2) is 12.6. The normalized spacial score (nSPS) is 14.7. The fourth-order valence-electron chi connectivity index (χ4n) is 3.63. The Morgan fingerprint density at radius 2 is 1.86 bits per heavy atom. The summed E-state index contributed by atoms with van der Waals surface area (Å²) >= 11 is 1.00. The summed E-state index contributed by atoms with van der Waals surface area (Å²) in [6.07, 6.45) is -2.56. The van der Waals surface area contributed by atoms with Crippen LogP contribution in [0.25, 0.3) is 6.08 Å². The number of nitrogens with one attached hydrogen (secondary N) is 1. The maximum atomic E-state index is 13.5. The maximum absolute atomic E-state index is 13.5. The van der Waals surface area contributed by atoms with E-state index in [0.29, 0.717) is 50.6 Å². The van der Waals surface area contributed by atoms with Crippen LogP contribution in [0.4, 0.5) is 13.2 Å². The Kier molecular flexibility index (Phi) is 9.57. The molecule has 1 aliphatic rings. The zero-order valence-electron chi connectivity index (χ0n) is 19.9. The Morgan fingerprint density at radius 1 is 1.16 bits per heavy atom. The number of carbonyl (C=O) groups is 1. The Labute approximate surface area is 216 Å². The van der Waals surface area contributed by atoms with Gasteiger partial charge in [0.2, 0.25) is 0 Å². The number of amidine groups is 1. The zero-order valence-corrected chi connectivity index (χ0v) is 20.7. The van der Waals surface area contributed by atoms with Gasteiger partial charge in [-0.1, -0.05) is 6.07 Å². The summed E-state index contributed by atoms with van der Waals surface area (Å²) in [4.78, 5) is 15.9. The highest BCUT2D eigenvalue weighted by Crippen LogP contribution is 2.41. The zero-order chi connectivity index (χ0) is 27.0. The van der Waals surface area contributed by atoms with Crippen LogP contribution in [0.2, 0.25) is 0 Å². The third-order valence-corrected chi connectivity index (χ3v) is 6.44. The summed E-state index contributed by atoms with van der Waals surface area (Å²) in [6, 6.07) is 9.17. The van der Waals surface area contributed by atoms with Gasteiger partial charge >= 0.3 is 6.18 Å². The van der Waals surface area contributed by atoms with Gasteiger partial charge in [0, 0.05) is 32.7 Å². The lowest BCUT2D eigenvalue weighted by atomic mass is 10.1. The number of aliphatic hydroxyl groups is 1. The number of alkyl halides is 3. The van der Waals surface area contributed by atoms with Gasteiger partial charge in [-0.15, -0.1) is 0 Å². The average molecular weight is 535 g/mol. The van der Waals surface area contributed by atoms with E-state index in [2.05, 4.69) is 4.90 Å². The van der Waals surface area contributed by atoms with Crippen molar-refractivity contribution >= 4 is 29.3 Å². The number of nitriles is 1. The first-order valence-corrected chi connectivity index (χ1v) is 12.0. The molecule has 0 spiro atoms. The molecule has 196 valence electrons. The van der Waals surface area contributed by atoms with Crippen LogP contribution in [-0.4, -0.2) is 72.8 Å². The van der Waals surface area contributed by atoms with Gasteiger partial charge in [-0.05, 0) is 53.7 Å². The predicted octanol–water partition coefficient (Wildman–Crippen LogP) is 4.20. The van der Waals surface area contributed by atoms with Crippen LogP contribution in [0.1, 0.15) is 16.7 Å². The van der Waals surface area contributed by atoms with Gasteiger partial charge in [-0.25, -0.2) is 0 Å². The molecular weight excluding hydrogens is 509 g/mol. The molecule has 12 heteroatoms. The number of hydrogen-bond acceptors (Lipinski definition) is 8. The van der Waals surface area contributed by atoms with Gasteiger partial charge < -0.3 is 19.5 Å². The van der Waals surface area contributed by atoms with Gasteiger partial charge in [-0.3, -0.25) is 15.1 Å². The lowest BCUT2D eigenvalue weighted by molar-refractivity contribution is -0.138. The SMILES string of the molecule is COc1cc(/C=C(/C=O)SC(=N)N2CCN(CCO)CC2)ccc1Oc1ccc(C#N)cc1C(F)(F)F. The molecular formula is C25H25F3N4O4S. The average Bonchev–Trinajstić information content (AvgIpc) is 2.89.